The lowest BCUT2D eigenvalue weighted by Crippen LogP contribution is -2.41. The van der Waals surface area contributed by atoms with Crippen LogP contribution in [0.2, 0.25) is 0 Å². The average Bonchev–Trinajstić information content (AvgIpc) is 2.94. The van der Waals surface area contributed by atoms with Crippen LogP contribution in [0.5, 0.6) is 0 Å². The molecule has 11 heteroatoms. The van der Waals surface area contributed by atoms with Crippen molar-refractivity contribution in [1.82, 2.24) is 9.88 Å². The number of nitrogens with zero attached hydrogens (tertiary/aromatic N) is 3. The zero-order valence-corrected chi connectivity index (χ0v) is 14.5. The van der Waals surface area contributed by atoms with Crippen LogP contribution < -0.4 is 16.6 Å². The molecule has 0 saturated carbocycles. The maximum Gasteiger partial charge on any atom is 0.265 e. The van der Waals surface area contributed by atoms with Crippen LogP contribution in [0, 0.1) is 5.92 Å². The second-order valence-electron chi connectivity index (χ2n) is 5.19. The van der Waals surface area contributed by atoms with Gasteiger partial charge in [0, 0.05) is 13.1 Å². The van der Waals surface area contributed by atoms with E-state index in [0.717, 1.165) is 24.2 Å². The monoisotopic (exact) mass is 376 g/mol. The van der Waals surface area contributed by atoms with Gasteiger partial charge in [0.1, 0.15) is 4.88 Å². The molecular weight excluding hydrogens is 358 g/mol. The zero-order valence-electron chi connectivity index (χ0n) is 12.8. The van der Waals surface area contributed by atoms with Gasteiger partial charge < -0.3 is 31.0 Å². The number of aliphatic carboxylic acids is 1. The van der Waals surface area contributed by atoms with Crippen LogP contribution in [-0.2, 0) is 9.53 Å². The minimum Gasteiger partial charge on any atom is -0.548 e. The van der Waals surface area contributed by atoms with Crippen molar-refractivity contribution in [3.63, 3.8) is 0 Å². The first-order chi connectivity index (χ1) is 11.0. The van der Waals surface area contributed by atoms with Crippen molar-refractivity contribution in [3.8, 4) is 0 Å². The first-order valence-corrected chi connectivity index (χ1v) is 7.89. The Labute approximate surface area is 149 Å². The standard InChI is InChI=1S/C13H19N5O4S.ClH/c14-12(15)17-13-16-4-9(23-13)11(21)18-3-1-2-8(5-18)6-22-7-10(19)20;/h4,8H,1-3,5-7H2,(H,19,20)(H4,14,15,16,17);1H/p-1. The van der Waals surface area contributed by atoms with E-state index in [1.807, 2.05) is 0 Å². The molecule has 0 spiro atoms. The second kappa shape index (κ2) is 9.40. The van der Waals surface area contributed by atoms with E-state index in [9.17, 15) is 14.7 Å². The third-order valence-corrected chi connectivity index (χ3v) is 4.19. The number of piperidine rings is 1. The van der Waals surface area contributed by atoms with Crippen LogP contribution in [-0.4, -0.2) is 54.0 Å². The second-order valence-corrected chi connectivity index (χ2v) is 6.20. The number of carboxylic acids is 1. The topological polar surface area (TPSA) is 147 Å². The highest BCUT2D eigenvalue weighted by atomic mass is 35.5. The molecule has 1 aliphatic heterocycles. The number of nitrogens with two attached hydrogens (primary N) is 2. The maximum absolute atomic E-state index is 12.5. The van der Waals surface area contributed by atoms with Gasteiger partial charge in [-0.15, -0.1) is 12.4 Å². The summed E-state index contributed by atoms with van der Waals surface area (Å²) in [4.78, 5) is 32.8. The molecule has 1 fully saturated rings. The summed E-state index contributed by atoms with van der Waals surface area (Å²) >= 11 is 1.12. The number of halogens is 1. The van der Waals surface area contributed by atoms with E-state index in [-0.39, 0.29) is 30.2 Å². The lowest BCUT2D eigenvalue weighted by Gasteiger charge is -2.32. The van der Waals surface area contributed by atoms with Crippen molar-refractivity contribution in [2.75, 3.05) is 26.3 Å². The van der Waals surface area contributed by atoms with Gasteiger partial charge in [0.15, 0.2) is 5.96 Å². The fourth-order valence-corrected chi connectivity index (χ4v) is 3.15. The Morgan fingerprint density at radius 1 is 1.50 bits per heavy atom. The lowest BCUT2D eigenvalue weighted by atomic mass is 9.99. The summed E-state index contributed by atoms with van der Waals surface area (Å²) in [7, 11) is 0. The van der Waals surface area contributed by atoms with Crippen LogP contribution in [0.4, 0.5) is 5.13 Å². The molecule has 134 valence electrons. The number of amides is 1. The van der Waals surface area contributed by atoms with E-state index in [4.69, 9.17) is 16.2 Å². The maximum atomic E-state index is 12.5. The molecule has 2 heterocycles. The average molecular weight is 377 g/mol. The normalized spacial score (nSPS) is 17.0. The van der Waals surface area contributed by atoms with Crippen LogP contribution in [0.3, 0.4) is 0 Å². The van der Waals surface area contributed by atoms with Gasteiger partial charge in [-0.05, 0) is 18.8 Å². The summed E-state index contributed by atoms with van der Waals surface area (Å²) in [5.41, 5.74) is 10.6. The van der Waals surface area contributed by atoms with E-state index in [1.165, 1.54) is 6.20 Å². The van der Waals surface area contributed by atoms with E-state index in [0.29, 0.717) is 29.7 Å². The van der Waals surface area contributed by atoms with Crippen molar-refractivity contribution < 1.29 is 19.4 Å². The SMILES string of the molecule is Cl.NC(N)=Nc1ncc(C(=O)N2CCCC(COCC(=O)[O-])C2)s1. The van der Waals surface area contributed by atoms with Gasteiger partial charge in [0.2, 0.25) is 5.13 Å². The van der Waals surface area contributed by atoms with Crippen LogP contribution >= 0.6 is 23.7 Å². The van der Waals surface area contributed by atoms with E-state index >= 15 is 0 Å². The molecule has 1 unspecified atom stereocenters. The first-order valence-electron chi connectivity index (χ1n) is 7.08. The minimum atomic E-state index is -1.24. The molecule has 4 N–H and O–H groups in total. The number of carbonyl (C=O) groups excluding carboxylic acids is 2. The van der Waals surface area contributed by atoms with Crippen molar-refractivity contribution in [2.45, 2.75) is 12.8 Å². The molecule has 1 saturated heterocycles. The molecule has 0 bridgehead atoms. The molecule has 2 rings (SSSR count). The van der Waals surface area contributed by atoms with Gasteiger partial charge >= 0.3 is 0 Å². The number of aliphatic imine (C=N–C) groups is 1. The molecule has 1 aromatic heterocycles. The molecule has 0 aliphatic carbocycles. The van der Waals surface area contributed by atoms with Gasteiger partial charge in [-0.25, -0.2) is 4.98 Å². The minimum absolute atomic E-state index is 0. The largest absolute Gasteiger partial charge is 0.548 e. The summed E-state index contributed by atoms with van der Waals surface area (Å²) in [5.74, 6) is -1.38. The van der Waals surface area contributed by atoms with Gasteiger partial charge in [-0.1, -0.05) is 11.3 Å². The highest BCUT2D eigenvalue weighted by Crippen LogP contribution is 2.25. The molecule has 1 aromatic rings. The fourth-order valence-electron chi connectivity index (χ4n) is 2.38. The molecular formula is C13H19ClN5O4S-. The van der Waals surface area contributed by atoms with Crippen molar-refractivity contribution >= 4 is 46.7 Å². The molecule has 9 nitrogen and oxygen atoms in total. The summed E-state index contributed by atoms with van der Waals surface area (Å²) in [5, 5.41) is 10.7. The van der Waals surface area contributed by atoms with Gasteiger partial charge in [-0.3, -0.25) is 4.79 Å². The summed E-state index contributed by atoms with van der Waals surface area (Å²) in [6.07, 6.45) is 3.18. The number of rotatable bonds is 6. The first kappa shape index (κ1) is 20.1. The number of ether oxygens (including phenoxy) is 1. The highest BCUT2D eigenvalue weighted by molar-refractivity contribution is 7.17. The quantitative estimate of drug-likeness (QED) is 0.482. The Balaban J connectivity index is 0.00000288. The fraction of sp³-hybridized carbons (Fsp3) is 0.538. The molecule has 1 amide bonds. The lowest BCUT2D eigenvalue weighted by molar-refractivity contribution is -0.309. The Hall–Kier alpha value is -1.91. The van der Waals surface area contributed by atoms with Gasteiger partial charge in [-0.2, -0.15) is 4.99 Å². The number of aromatic nitrogens is 1. The summed E-state index contributed by atoms with van der Waals surface area (Å²) in [6, 6.07) is 0. The van der Waals surface area contributed by atoms with E-state index < -0.39 is 12.6 Å². The van der Waals surface area contributed by atoms with Gasteiger partial charge in [0.25, 0.3) is 5.91 Å². The Morgan fingerprint density at radius 3 is 2.92 bits per heavy atom. The number of hydrogen-bond acceptors (Lipinski definition) is 7. The van der Waals surface area contributed by atoms with Gasteiger partial charge in [0.05, 0.1) is 25.4 Å². The zero-order chi connectivity index (χ0) is 16.8. The Morgan fingerprint density at radius 2 is 2.25 bits per heavy atom. The Bertz CT molecular complexity index is 605. The van der Waals surface area contributed by atoms with E-state index in [2.05, 4.69) is 9.98 Å². The van der Waals surface area contributed by atoms with Crippen molar-refractivity contribution in [1.29, 1.82) is 0 Å². The summed E-state index contributed by atoms with van der Waals surface area (Å²) in [6.45, 7) is 1.02. The van der Waals surface area contributed by atoms with Crippen LogP contribution in [0.15, 0.2) is 11.2 Å². The predicted octanol–water partition coefficient (Wildman–Crippen LogP) is -0.911. The Kier molecular flexibility index (Phi) is 7.89. The third-order valence-electron chi connectivity index (χ3n) is 3.31. The summed E-state index contributed by atoms with van der Waals surface area (Å²) < 4.78 is 5.06. The van der Waals surface area contributed by atoms with Crippen LogP contribution in [0.25, 0.3) is 0 Å². The molecule has 0 aromatic carbocycles. The molecule has 24 heavy (non-hydrogen) atoms. The third kappa shape index (κ3) is 5.95. The molecule has 1 aliphatic rings. The predicted molar refractivity (Wildman–Crippen MR) is 89.3 cm³/mol. The van der Waals surface area contributed by atoms with Crippen LogP contribution in [0.1, 0.15) is 22.5 Å². The van der Waals surface area contributed by atoms with E-state index in [1.54, 1.807) is 4.90 Å². The number of thiazole rings is 1. The van der Waals surface area contributed by atoms with Crippen molar-refractivity contribution in [2.24, 2.45) is 22.4 Å². The number of likely N-dealkylation sites (tertiary alicyclic amines) is 1. The molecule has 0 radical (unpaired) electrons. The smallest absolute Gasteiger partial charge is 0.265 e. The number of guanidine groups is 1. The molecule has 1 atom stereocenters. The number of carbonyl (C=O) groups is 2. The number of hydrogen-bond donors (Lipinski definition) is 2. The number of carboxylic acid groups (broad SMARTS) is 1. The van der Waals surface area contributed by atoms with Crippen molar-refractivity contribution in [3.05, 3.63) is 11.1 Å². The highest BCUT2D eigenvalue weighted by Gasteiger charge is 2.25.